The molecule has 0 bridgehead atoms. The van der Waals surface area contributed by atoms with Gasteiger partial charge in [-0.15, -0.1) is 0 Å². The zero-order chi connectivity index (χ0) is 7.56. The Labute approximate surface area is 59.2 Å². The summed E-state index contributed by atoms with van der Waals surface area (Å²) in [6.45, 7) is 0. The van der Waals surface area contributed by atoms with Gasteiger partial charge in [0.1, 0.15) is 17.6 Å². The van der Waals surface area contributed by atoms with Gasteiger partial charge in [-0.05, 0) is 6.08 Å². The molecule has 0 radical (unpaired) electrons. The van der Waals surface area contributed by atoms with Crippen molar-refractivity contribution in [3.8, 4) is 0 Å². The molecule has 56 valence electrons. The molecule has 0 fully saturated rings. The first-order chi connectivity index (χ1) is 4.74. The van der Waals surface area contributed by atoms with Crippen LogP contribution in [0.3, 0.4) is 0 Å². The number of rotatable bonds is 1. The largest absolute Gasteiger partial charge is 0.509 e. The Morgan fingerprint density at radius 3 is 2.90 bits per heavy atom. The monoisotopic (exact) mass is 142 g/mol. The van der Waals surface area contributed by atoms with E-state index >= 15 is 0 Å². The van der Waals surface area contributed by atoms with Gasteiger partial charge < -0.3 is 14.9 Å². The summed E-state index contributed by atoms with van der Waals surface area (Å²) in [5.74, 6) is 0.571. The lowest BCUT2D eigenvalue weighted by Gasteiger charge is -2.13. The molecule has 3 nitrogen and oxygen atoms in total. The molecule has 3 heteroatoms. The van der Waals surface area contributed by atoms with Crippen molar-refractivity contribution in [2.75, 3.05) is 7.11 Å². The molecule has 0 aromatic carbocycles. The Morgan fingerprint density at radius 2 is 2.40 bits per heavy atom. The lowest BCUT2D eigenvalue weighted by molar-refractivity contribution is 0.147. The second-order valence-electron chi connectivity index (χ2n) is 2.13. The predicted molar refractivity (Wildman–Crippen MR) is 36.4 cm³/mol. The van der Waals surface area contributed by atoms with Gasteiger partial charge in [-0.1, -0.05) is 0 Å². The normalized spacial score (nSPS) is 25.2. The van der Waals surface area contributed by atoms with Crippen LogP contribution in [0.15, 0.2) is 23.7 Å². The van der Waals surface area contributed by atoms with Crippen molar-refractivity contribution < 1.29 is 14.9 Å². The van der Waals surface area contributed by atoms with Gasteiger partial charge in [0.15, 0.2) is 0 Å². The number of methoxy groups -OCH3 is 1. The predicted octanol–water partition coefficient (Wildman–Crippen LogP) is 0.723. The van der Waals surface area contributed by atoms with Gasteiger partial charge in [0.05, 0.1) is 7.11 Å². The van der Waals surface area contributed by atoms with E-state index in [1.807, 2.05) is 0 Å². The quantitative estimate of drug-likeness (QED) is 0.567. The summed E-state index contributed by atoms with van der Waals surface area (Å²) in [4.78, 5) is 0. The van der Waals surface area contributed by atoms with E-state index < -0.39 is 6.10 Å². The first kappa shape index (κ1) is 7.15. The van der Waals surface area contributed by atoms with Gasteiger partial charge in [0.2, 0.25) is 0 Å². The summed E-state index contributed by atoms with van der Waals surface area (Å²) in [5.41, 5.74) is 0. The molecule has 1 aliphatic carbocycles. The molecule has 1 atom stereocenters. The number of ether oxygens (including phenoxy) is 1. The standard InChI is InChI=1S/C7H10O3/c1-10-5-2-3-6(8)7(9)4-5/h2,4,6,8-9H,3H2,1H3. The molecule has 1 aliphatic rings. The van der Waals surface area contributed by atoms with Crippen LogP contribution in [0.5, 0.6) is 0 Å². The molecule has 0 heterocycles. The molecule has 10 heavy (non-hydrogen) atoms. The van der Waals surface area contributed by atoms with Crippen LogP contribution < -0.4 is 0 Å². The van der Waals surface area contributed by atoms with E-state index in [0.717, 1.165) is 0 Å². The maximum Gasteiger partial charge on any atom is 0.125 e. The van der Waals surface area contributed by atoms with Crippen molar-refractivity contribution >= 4 is 0 Å². The van der Waals surface area contributed by atoms with Crippen molar-refractivity contribution in [1.82, 2.24) is 0 Å². The van der Waals surface area contributed by atoms with Crippen LogP contribution in [0.25, 0.3) is 0 Å². The molecular weight excluding hydrogens is 132 g/mol. The summed E-state index contributed by atoms with van der Waals surface area (Å²) in [5, 5.41) is 17.9. The lowest BCUT2D eigenvalue weighted by Crippen LogP contribution is -2.12. The van der Waals surface area contributed by atoms with E-state index in [-0.39, 0.29) is 5.76 Å². The molecule has 0 aliphatic heterocycles. The van der Waals surface area contributed by atoms with Crippen molar-refractivity contribution in [2.24, 2.45) is 0 Å². The Hall–Kier alpha value is -0.960. The van der Waals surface area contributed by atoms with Gasteiger partial charge in [0.25, 0.3) is 0 Å². The summed E-state index contributed by atoms with van der Waals surface area (Å²) < 4.78 is 4.82. The van der Waals surface area contributed by atoms with Crippen LogP contribution in [0.1, 0.15) is 6.42 Å². The fourth-order valence-corrected chi connectivity index (χ4v) is 0.792. The van der Waals surface area contributed by atoms with E-state index in [1.165, 1.54) is 13.2 Å². The maximum atomic E-state index is 8.97. The number of hydrogen-bond donors (Lipinski definition) is 2. The van der Waals surface area contributed by atoms with Crippen molar-refractivity contribution in [3.05, 3.63) is 23.7 Å². The van der Waals surface area contributed by atoms with Crippen molar-refractivity contribution in [1.29, 1.82) is 0 Å². The van der Waals surface area contributed by atoms with Crippen LogP contribution in [-0.4, -0.2) is 23.4 Å². The minimum absolute atomic E-state index is 0.0284. The first-order valence-electron chi connectivity index (χ1n) is 3.07. The smallest absolute Gasteiger partial charge is 0.125 e. The zero-order valence-corrected chi connectivity index (χ0v) is 5.74. The summed E-state index contributed by atoms with van der Waals surface area (Å²) in [6.07, 6.45) is 2.81. The number of hydrogen-bond acceptors (Lipinski definition) is 3. The minimum Gasteiger partial charge on any atom is -0.509 e. The second-order valence-corrected chi connectivity index (χ2v) is 2.13. The third kappa shape index (κ3) is 1.30. The first-order valence-corrected chi connectivity index (χ1v) is 3.07. The van der Waals surface area contributed by atoms with Crippen molar-refractivity contribution in [3.63, 3.8) is 0 Å². The Morgan fingerprint density at radius 1 is 1.70 bits per heavy atom. The summed E-state index contributed by atoms with van der Waals surface area (Å²) in [6, 6.07) is 0. The van der Waals surface area contributed by atoms with Gasteiger partial charge in [0, 0.05) is 12.5 Å². The number of allylic oxidation sites excluding steroid dienone is 1. The highest BCUT2D eigenvalue weighted by molar-refractivity contribution is 5.22. The van der Waals surface area contributed by atoms with E-state index in [0.29, 0.717) is 12.2 Å². The Balaban J connectivity index is 2.69. The van der Waals surface area contributed by atoms with Crippen LogP contribution in [-0.2, 0) is 4.74 Å². The highest BCUT2D eigenvalue weighted by atomic mass is 16.5. The van der Waals surface area contributed by atoms with Gasteiger partial charge in [-0.3, -0.25) is 0 Å². The van der Waals surface area contributed by atoms with E-state index in [4.69, 9.17) is 14.9 Å². The van der Waals surface area contributed by atoms with Crippen LogP contribution in [0.2, 0.25) is 0 Å². The second kappa shape index (κ2) is 2.75. The fourth-order valence-electron chi connectivity index (χ4n) is 0.792. The van der Waals surface area contributed by atoms with Gasteiger partial charge >= 0.3 is 0 Å². The van der Waals surface area contributed by atoms with Crippen LogP contribution in [0.4, 0.5) is 0 Å². The fraction of sp³-hybridized carbons (Fsp3) is 0.429. The van der Waals surface area contributed by atoms with E-state index in [1.54, 1.807) is 6.08 Å². The van der Waals surface area contributed by atoms with E-state index in [9.17, 15) is 0 Å². The SMILES string of the molecule is COC1=CCC(O)C(O)=C1. The maximum absolute atomic E-state index is 8.97. The molecule has 0 saturated heterocycles. The van der Waals surface area contributed by atoms with Crippen molar-refractivity contribution in [2.45, 2.75) is 12.5 Å². The van der Waals surface area contributed by atoms with Crippen LogP contribution >= 0.6 is 0 Å². The average molecular weight is 142 g/mol. The Kier molecular flexibility index (Phi) is 1.97. The molecule has 1 rings (SSSR count). The Bertz CT molecular complexity index is 181. The highest BCUT2D eigenvalue weighted by Gasteiger charge is 2.13. The average Bonchev–Trinajstić information content (AvgIpc) is 1.95. The number of aliphatic hydroxyl groups is 2. The summed E-state index contributed by atoms with van der Waals surface area (Å²) >= 11 is 0. The van der Waals surface area contributed by atoms with E-state index in [2.05, 4.69) is 0 Å². The minimum atomic E-state index is -0.751. The third-order valence-corrected chi connectivity index (χ3v) is 1.41. The molecule has 2 N–H and O–H groups in total. The highest BCUT2D eigenvalue weighted by Crippen LogP contribution is 2.15. The molecule has 0 aromatic rings. The molecule has 0 spiro atoms. The molecular formula is C7H10O3. The topological polar surface area (TPSA) is 49.7 Å². The third-order valence-electron chi connectivity index (χ3n) is 1.41. The van der Waals surface area contributed by atoms with Crippen LogP contribution in [0, 0.1) is 0 Å². The lowest BCUT2D eigenvalue weighted by atomic mass is 10.1. The van der Waals surface area contributed by atoms with Gasteiger partial charge in [-0.2, -0.15) is 0 Å². The molecule has 1 unspecified atom stereocenters. The van der Waals surface area contributed by atoms with Gasteiger partial charge in [-0.25, -0.2) is 0 Å². The zero-order valence-electron chi connectivity index (χ0n) is 5.74. The molecule has 0 saturated carbocycles. The molecule has 0 aromatic heterocycles. The number of aliphatic hydroxyl groups excluding tert-OH is 2. The summed E-state index contributed by atoms with van der Waals surface area (Å²) in [7, 11) is 1.52. The molecule has 0 amide bonds.